The van der Waals surface area contributed by atoms with Gasteiger partial charge in [-0.3, -0.25) is 13.9 Å². The summed E-state index contributed by atoms with van der Waals surface area (Å²) in [5.41, 5.74) is -1.07. The van der Waals surface area contributed by atoms with Gasteiger partial charge >= 0.3 is 5.69 Å². The highest BCUT2D eigenvalue weighted by atomic mass is 32.2. The van der Waals surface area contributed by atoms with Gasteiger partial charge < -0.3 is 4.98 Å². The Morgan fingerprint density at radius 2 is 1.89 bits per heavy atom. The Morgan fingerprint density at radius 3 is 2.44 bits per heavy atom. The Balaban J connectivity index is 3.18. The summed E-state index contributed by atoms with van der Waals surface area (Å²) in [7, 11) is -3.24. The largest absolute Gasteiger partial charge is 0.328 e. The maximum atomic E-state index is 11.8. The molecule has 2 rings (SSSR count). The summed E-state index contributed by atoms with van der Waals surface area (Å²) in [6.07, 6.45) is 0. The van der Waals surface area contributed by atoms with E-state index in [-0.39, 0.29) is 10.9 Å². The minimum absolute atomic E-state index is 0.0322. The van der Waals surface area contributed by atoms with Crippen LogP contribution in [-0.2, 0) is 17.2 Å². The predicted octanol–water partition coefficient (Wildman–Crippen LogP) is -0.218. The van der Waals surface area contributed by atoms with Gasteiger partial charge in [-0.2, -0.15) is 8.42 Å². The molecule has 0 atom stereocenters. The molecule has 0 aliphatic carbocycles. The minimum Gasteiger partial charge on any atom is -0.305 e. The maximum Gasteiger partial charge on any atom is 0.328 e. The smallest absolute Gasteiger partial charge is 0.305 e. The van der Waals surface area contributed by atoms with Gasteiger partial charge in [-0.15, -0.1) is 0 Å². The lowest BCUT2D eigenvalue weighted by Crippen LogP contribution is -2.32. The monoisotopic (exact) mass is 270 g/mol. The zero-order valence-electron chi connectivity index (χ0n) is 9.59. The Hall–Kier alpha value is -1.93. The summed E-state index contributed by atoms with van der Waals surface area (Å²) in [5, 5.41) is 0.0322. The molecule has 0 aliphatic rings. The van der Waals surface area contributed by atoms with Crippen LogP contribution in [0.4, 0.5) is 0 Å². The molecule has 1 aromatic carbocycles. The Morgan fingerprint density at radius 1 is 1.28 bits per heavy atom. The topological polar surface area (TPSA) is 109 Å². The highest BCUT2D eigenvalue weighted by Crippen LogP contribution is 2.19. The van der Waals surface area contributed by atoms with Crippen LogP contribution in [0.1, 0.15) is 5.56 Å². The molecule has 0 unspecified atom stereocenters. The third-order valence-corrected chi connectivity index (χ3v) is 3.47. The molecule has 2 aromatic rings. The number of aromatic nitrogens is 2. The second-order valence-corrected chi connectivity index (χ2v) is 5.34. The van der Waals surface area contributed by atoms with Gasteiger partial charge in [0.25, 0.3) is 15.7 Å². The van der Waals surface area contributed by atoms with E-state index in [4.69, 9.17) is 4.55 Å². The number of aromatic amines is 1. The van der Waals surface area contributed by atoms with Crippen molar-refractivity contribution in [1.82, 2.24) is 9.55 Å². The van der Waals surface area contributed by atoms with Gasteiger partial charge in [0.05, 0.1) is 10.9 Å². The first kappa shape index (κ1) is 12.5. The molecule has 0 fully saturated rings. The molecule has 1 aromatic heterocycles. The molecule has 18 heavy (non-hydrogen) atoms. The second kappa shape index (κ2) is 3.79. The Kier molecular flexibility index (Phi) is 2.63. The third-order valence-electron chi connectivity index (χ3n) is 2.60. The van der Waals surface area contributed by atoms with Crippen molar-refractivity contribution in [2.45, 2.75) is 11.8 Å². The van der Waals surface area contributed by atoms with Gasteiger partial charge in [-0.25, -0.2) is 4.79 Å². The van der Waals surface area contributed by atoms with E-state index in [9.17, 15) is 18.0 Å². The van der Waals surface area contributed by atoms with Crippen molar-refractivity contribution in [3.63, 3.8) is 0 Å². The van der Waals surface area contributed by atoms with E-state index in [0.29, 0.717) is 5.56 Å². The van der Waals surface area contributed by atoms with Gasteiger partial charge in [-0.05, 0) is 24.6 Å². The Bertz CT molecular complexity index is 860. The number of hydrogen-bond donors (Lipinski definition) is 2. The molecular weight excluding hydrogens is 260 g/mol. The zero-order chi connectivity index (χ0) is 13.7. The van der Waals surface area contributed by atoms with Crippen LogP contribution in [0.25, 0.3) is 10.9 Å². The highest BCUT2D eigenvalue weighted by molar-refractivity contribution is 7.86. The van der Waals surface area contributed by atoms with Crippen LogP contribution in [0.3, 0.4) is 0 Å². The van der Waals surface area contributed by atoms with Crippen LogP contribution in [-0.4, -0.2) is 22.5 Å². The molecule has 7 nitrogen and oxygen atoms in total. The van der Waals surface area contributed by atoms with Crippen molar-refractivity contribution in [2.75, 3.05) is 0 Å². The number of aryl methyl sites for hydroxylation is 1. The van der Waals surface area contributed by atoms with Crippen molar-refractivity contribution in [3.8, 4) is 0 Å². The molecule has 0 saturated heterocycles. The number of nitrogens with one attached hydrogen (secondary N) is 1. The number of benzene rings is 1. The first-order chi connectivity index (χ1) is 8.21. The van der Waals surface area contributed by atoms with Crippen LogP contribution in [0.5, 0.6) is 0 Å². The highest BCUT2D eigenvalue weighted by Gasteiger charge is 2.18. The SMILES string of the molecule is Cc1cc(S(=O)(=O)O)c2[nH]c(=O)n(C)c(=O)c2c1. The average Bonchev–Trinajstić information content (AvgIpc) is 2.25. The summed E-state index contributed by atoms with van der Waals surface area (Å²) in [6, 6.07) is 2.63. The fraction of sp³-hybridized carbons (Fsp3) is 0.200. The fourth-order valence-electron chi connectivity index (χ4n) is 1.72. The lowest BCUT2D eigenvalue weighted by Gasteiger charge is -2.06. The van der Waals surface area contributed by atoms with Crippen molar-refractivity contribution < 1.29 is 13.0 Å². The van der Waals surface area contributed by atoms with Gasteiger partial charge in [0.1, 0.15) is 4.90 Å². The molecule has 0 bridgehead atoms. The second-order valence-electron chi connectivity index (χ2n) is 3.96. The molecule has 0 spiro atoms. The number of nitrogens with zero attached hydrogens (tertiary/aromatic N) is 1. The minimum atomic E-state index is -4.52. The lowest BCUT2D eigenvalue weighted by molar-refractivity contribution is 0.484. The van der Waals surface area contributed by atoms with Crippen molar-refractivity contribution in [2.24, 2.45) is 7.05 Å². The number of fused-ring (bicyclic) bond motifs is 1. The fourth-order valence-corrected chi connectivity index (χ4v) is 2.47. The number of H-pyrrole nitrogens is 1. The van der Waals surface area contributed by atoms with E-state index in [1.807, 2.05) is 0 Å². The standard InChI is InChI=1S/C10H10N2O5S/c1-5-3-6-8(7(4-5)18(15,16)17)11-10(14)12(2)9(6)13/h3-4H,1-2H3,(H,11,14)(H,15,16,17). The van der Waals surface area contributed by atoms with Gasteiger partial charge in [0.15, 0.2) is 0 Å². The van der Waals surface area contributed by atoms with Gasteiger partial charge in [0, 0.05) is 7.05 Å². The average molecular weight is 270 g/mol. The van der Waals surface area contributed by atoms with Crippen LogP contribution < -0.4 is 11.2 Å². The molecule has 1 heterocycles. The summed E-state index contributed by atoms with van der Waals surface area (Å²) in [4.78, 5) is 25.1. The van der Waals surface area contributed by atoms with E-state index in [1.165, 1.54) is 19.2 Å². The summed E-state index contributed by atoms with van der Waals surface area (Å²) < 4.78 is 32.4. The molecule has 0 aliphatic heterocycles. The first-order valence-corrected chi connectivity index (χ1v) is 6.37. The van der Waals surface area contributed by atoms with Crippen LogP contribution in [0, 0.1) is 6.92 Å². The first-order valence-electron chi connectivity index (χ1n) is 4.93. The van der Waals surface area contributed by atoms with E-state index in [0.717, 1.165) is 4.57 Å². The van der Waals surface area contributed by atoms with E-state index in [1.54, 1.807) is 6.92 Å². The van der Waals surface area contributed by atoms with E-state index >= 15 is 0 Å². The van der Waals surface area contributed by atoms with Gasteiger partial charge in [0.2, 0.25) is 0 Å². The van der Waals surface area contributed by atoms with Crippen LogP contribution in [0.2, 0.25) is 0 Å². The van der Waals surface area contributed by atoms with Gasteiger partial charge in [-0.1, -0.05) is 0 Å². The van der Waals surface area contributed by atoms with Crippen molar-refractivity contribution >= 4 is 21.0 Å². The van der Waals surface area contributed by atoms with Crippen molar-refractivity contribution in [1.29, 1.82) is 0 Å². The Labute approximate surface area is 101 Å². The molecule has 8 heteroatoms. The zero-order valence-corrected chi connectivity index (χ0v) is 10.4. The van der Waals surface area contributed by atoms with E-state index in [2.05, 4.69) is 4.98 Å². The lowest BCUT2D eigenvalue weighted by atomic mass is 10.2. The summed E-state index contributed by atoms with van der Waals surface area (Å²) in [6.45, 7) is 1.58. The normalized spacial score (nSPS) is 11.9. The predicted molar refractivity (Wildman–Crippen MR) is 64.4 cm³/mol. The third kappa shape index (κ3) is 1.85. The summed E-state index contributed by atoms with van der Waals surface area (Å²) in [5.74, 6) is 0. The number of hydrogen-bond acceptors (Lipinski definition) is 4. The molecular formula is C10H10N2O5S. The quantitative estimate of drug-likeness (QED) is 0.696. The molecule has 0 radical (unpaired) electrons. The van der Waals surface area contributed by atoms with E-state index < -0.39 is 26.3 Å². The molecule has 0 saturated carbocycles. The van der Waals surface area contributed by atoms with Crippen LogP contribution >= 0.6 is 0 Å². The molecule has 2 N–H and O–H groups in total. The number of rotatable bonds is 1. The molecule has 0 amide bonds. The molecule has 96 valence electrons. The summed E-state index contributed by atoms with van der Waals surface area (Å²) >= 11 is 0. The van der Waals surface area contributed by atoms with Crippen molar-refractivity contribution in [3.05, 3.63) is 38.5 Å². The maximum absolute atomic E-state index is 11.8. The van der Waals surface area contributed by atoms with Crippen LogP contribution in [0.15, 0.2) is 26.6 Å².